The van der Waals surface area contributed by atoms with Crippen LogP contribution < -0.4 is 10.6 Å². The summed E-state index contributed by atoms with van der Waals surface area (Å²) in [5.41, 5.74) is 6.56. The maximum absolute atomic E-state index is 13.0. The highest BCUT2D eigenvalue weighted by Crippen LogP contribution is 2.31. The number of nitrogens with one attached hydrogen (secondary N) is 3. The first-order valence-electron chi connectivity index (χ1n) is 10.6. The SMILES string of the molecule is O=C(Nc1ccccc1)c1cc(NCc2ccccc2)c2[nH]c(-c3ccccc3)cc2c1. The van der Waals surface area contributed by atoms with Crippen LogP contribution in [0.4, 0.5) is 11.4 Å². The van der Waals surface area contributed by atoms with Gasteiger partial charge in [-0.1, -0.05) is 78.9 Å². The Morgan fingerprint density at radius 2 is 1.41 bits per heavy atom. The number of anilines is 2. The summed E-state index contributed by atoms with van der Waals surface area (Å²) in [6, 6.07) is 35.9. The number of para-hydroxylation sites is 1. The Kier molecular flexibility index (Phi) is 5.41. The van der Waals surface area contributed by atoms with Gasteiger partial charge in [0, 0.05) is 28.9 Å². The summed E-state index contributed by atoms with van der Waals surface area (Å²) in [5, 5.41) is 7.49. The molecule has 1 heterocycles. The van der Waals surface area contributed by atoms with Crippen LogP contribution in [0.3, 0.4) is 0 Å². The molecule has 0 saturated heterocycles. The molecule has 4 heteroatoms. The number of carbonyl (C=O) groups is 1. The Hall–Kier alpha value is -4.31. The molecule has 1 aromatic heterocycles. The Labute approximate surface area is 186 Å². The van der Waals surface area contributed by atoms with Crippen molar-refractivity contribution in [3.8, 4) is 11.3 Å². The first kappa shape index (κ1) is 19.6. The van der Waals surface area contributed by atoms with Gasteiger partial charge < -0.3 is 15.6 Å². The van der Waals surface area contributed by atoms with E-state index >= 15 is 0 Å². The molecule has 156 valence electrons. The summed E-state index contributed by atoms with van der Waals surface area (Å²) < 4.78 is 0. The second kappa shape index (κ2) is 8.82. The summed E-state index contributed by atoms with van der Waals surface area (Å²) in [7, 11) is 0. The first-order chi connectivity index (χ1) is 15.8. The second-order valence-corrected chi connectivity index (χ2v) is 7.70. The minimum Gasteiger partial charge on any atom is -0.379 e. The number of carbonyl (C=O) groups excluding carboxylic acids is 1. The average Bonchev–Trinajstić information content (AvgIpc) is 3.29. The van der Waals surface area contributed by atoms with E-state index < -0.39 is 0 Å². The number of fused-ring (bicyclic) bond motifs is 1. The predicted molar refractivity (Wildman–Crippen MR) is 132 cm³/mol. The summed E-state index contributed by atoms with van der Waals surface area (Å²) >= 11 is 0. The van der Waals surface area contributed by atoms with Gasteiger partial charge in [-0.15, -0.1) is 0 Å². The molecule has 5 rings (SSSR count). The number of aromatic nitrogens is 1. The maximum atomic E-state index is 13.0. The van der Waals surface area contributed by atoms with Gasteiger partial charge in [0.25, 0.3) is 5.91 Å². The molecule has 0 aliphatic rings. The van der Waals surface area contributed by atoms with Crippen LogP contribution in [0.25, 0.3) is 22.2 Å². The van der Waals surface area contributed by atoms with Crippen molar-refractivity contribution in [2.24, 2.45) is 0 Å². The van der Waals surface area contributed by atoms with Gasteiger partial charge in [-0.3, -0.25) is 4.79 Å². The van der Waals surface area contributed by atoms with Crippen molar-refractivity contribution in [3.05, 3.63) is 120 Å². The summed E-state index contributed by atoms with van der Waals surface area (Å²) in [6.45, 7) is 0.666. The summed E-state index contributed by atoms with van der Waals surface area (Å²) in [4.78, 5) is 16.6. The standard InChI is InChI=1S/C28H23N3O/c32-28(30-24-14-8-3-9-15-24)23-16-22-17-25(21-12-6-2-7-13-21)31-27(22)26(18-23)29-19-20-10-4-1-5-11-20/h1-18,29,31H,19H2,(H,30,32). The number of amides is 1. The minimum absolute atomic E-state index is 0.136. The summed E-state index contributed by atoms with van der Waals surface area (Å²) in [5.74, 6) is -0.136. The molecule has 0 aliphatic carbocycles. The third-order valence-electron chi connectivity index (χ3n) is 5.43. The highest BCUT2D eigenvalue weighted by molar-refractivity contribution is 6.09. The highest BCUT2D eigenvalue weighted by Gasteiger charge is 2.14. The fraction of sp³-hybridized carbons (Fsp3) is 0.0357. The number of benzene rings is 4. The molecule has 4 nitrogen and oxygen atoms in total. The van der Waals surface area contributed by atoms with Gasteiger partial charge in [0.1, 0.15) is 0 Å². The molecular weight excluding hydrogens is 394 g/mol. The number of aromatic amines is 1. The number of hydrogen-bond donors (Lipinski definition) is 3. The van der Waals surface area contributed by atoms with Crippen LogP contribution in [0.1, 0.15) is 15.9 Å². The average molecular weight is 418 g/mol. The molecule has 32 heavy (non-hydrogen) atoms. The van der Waals surface area contributed by atoms with Gasteiger partial charge in [-0.2, -0.15) is 0 Å². The second-order valence-electron chi connectivity index (χ2n) is 7.70. The van der Waals surface area contributed by atoms with E-state index in [1.54, 1.807) is 0 Å². The smallest absolute Gasteiger partial charge is 0.255 e. The van der Waals surface area contributed by atoms with Gasteiger partial charge in [0.2, 0.25) is 0 Å². The Bertz CT molecular complexity index is 1340. The van der Waals surface area contributed by atoms with E-state index in [0.717, 1.165) is 33.5 Å². The topological polar surface area (TPSA) is 56.9 Å². The zero-order chi connectivity index (χ0) is 21.8. The molecule has 0 aliphatic heterocycles. The van der Waals surface area contributed by atoms with Crippen molar-refractivity contribution in [3.63, 3.8) is 0 Å². The van der Waals surface area contributed by atoms with Crippen molar-refractivity contribution in [1.82, 2.24) is 4.98 Å². The summed E-state index contributed by atoms with van der Waals surface area (Å²) in [6.07, 6.45) is 0. The van der Waals surface area contributed by atoms with Crippen LogP contribution in [0.15, 0.2) is 109 Å². The van der Waals surface area contributed by atoms with E-state index in [2.05, 4.69) is 45.9 Å². The third kappa shape index (κ3) is 4.25. The monoisotopic (exact) mass is 417 g/mol. The largest absolute Gasteiger partial charge is 0.379 e. The van der Waals surface area contributed by atoms with Crippen molar-refractivity contribution < 1.29 is 4.79 Å². The van der Waals surface area contributed by atoms with Gasteiger partial charge >= 0.3 is 0 Å². The molecule has 0 saturated carbocycles. The number of rotatable bonds is 6. The van der Waals surface area contributed by atoms with Crippen LogP contribution in [-0.4, -0.2) is 10.9 Å². The molecule has 1 amide bonds. The van der Waals surface area contributed by atoms with Gasteiger partial charge in [-0.05, 0) is 41.5 Å². The lowest BCUT2D eigenvalue weighted by atomic mass is 10.1. The van der Waals surface area contributed by atoms with Gasteiger partial charge in [0.15, 0.2) is 0 Å². The molecule has 4 aromatic carbocycles. The van der Waals surface area contributed by atoms with Crippen LogP contribution in [0, 0.1) is 0 Å². The molecule has 0 fully saturated rings. The maximum Gasteiger partial charge on any atom is 0.255 e. The number of H-pyrrole nitrogens is 1. The molecule has 0 unspecified atom stereocenters. The molecule has 0 spiro atoms. The lowest BCUT2D eigenvalue weighted by Crippen LogP contribution is -2.12. The van der Waals surface area contributed by atoms with E-state index in [-0.39, 0.29) is 5.91 Å². The predicted octanol–water partition coefficient (Wildman–Crippen LogP) is 6.70. The van der Waals surface area contributed by atoms with E-state index in [4.69, 9.17) is 0 Å². The zero-order valence-electron chi connectivity index (χ0n) is 17.5. The fourth-order valence-electron chi connectivity index (χ4n) is 3.81. The Morgan fingerprint density at radius 3 is 2.12 bits per heavy atom. The van der Waals surface area contributed by atoms with Crippen molar-refractivity contribution in [2.45, 2.75) is 6.54 Å². The van der Waals surface area contributed by atoms with Crippen molar-refractivity contribution >= 4 is 28.2 Å². The first-order valence-corrected chi connectivity index (χ1v) is 10.6. The third-order valence-corrected chi connectivity index (χ3v) is 5.43. The van der Waals surface area contributed by atoms with E-state index in [9.17, 15) is 4.79 Å². The highest BCUT2D eigenvalue weighted by atomic mass is 16.1. The molecule has 0 atom stereocenters. The molecule has 3 N–H and O–H groups in total. The van der Waals surface area contributed by atoms with Crippen LogP contribution >= 0.6 is 0 Å². The molecule has 5 aromatic rings. The molecule has 0 radical (unpaired) electrons. The van der Waals surface area contributed by atoms with Crippen molar-refractivity contribution in [1.29, 1.82) is 0 Å². The van der Waals surface area contributed by atoms with Gasteiger partial charge in [-0.25, -0.2) is 0 Å². The zero-order valence-corrected chi connectivity index (χ0v) is 17.5. The van der Waals surface area contributed by atoms with Crippen LogP contribution in [-0.2, 0) is 6.54 Å². The normalized spacial score (nSPS) is 10.8. The lowest BCUT2D eigenvalue weighted by molar-refractivity contribution is 0.102. The molecular formula is C28H23N3O. The fourth-order valence-corrected chi connectivity index (χ4v) is 3.81. The van der Waals surface area contributed by atoms with Crippen LogP contribution in [0.5, 0.6) is 0 Å². The Balaban J connectivity index is 1.53. The van der Waals surface area contributed by atoms with E-state index in [1.165, 1.54) is 5.56 Å². The minimum atomic E-state index is -0.136. The van der Waals surface area contributed by atoms with Crippen LogP contribution in [0.2, 0.25) is 0 Å². The van der Waals surface area contributed by atoms with Crippen molar-refractivity contribution in [2.75, 3.05) is 10.6 Å². The number of hydrogen-bond acceptors (Lipinski definition) is 2. The molecule has 0 bridgehead atoms. The quantitative estimate of drug-likeness (QED) is 0.288. The lowest BCUT2D eigenvalue weighted by Gasteiger charge is -2.11. The Morgan fingerprint density at radius 1 is 0.750 bits per heavy atom. The van der Waals surface area contributed by atoms with E-state index in [0.29, 0.717) is 12.1 Å². The van der Waals surface area contributed by atoms with E-state index in [1.807, 2.05) is 78.9 Å². The van der Waals surface area contributed by atoms with Gasteiger partial charge in [0.05, 0.1) is 11.2 Å².